The van der Waals surface area contributed by atoms with Crippen molar-refractivity contribution in [1.29, 1.82) is 0 Å². The number of nitrogens with one attached hydrogen (secondary N) is 1. The van der Waals surface area contributed by atoms with Crippen LogP contribution in [0.25, 0.3) is 0 Å². The molecule has 0 saturated carbocycles. The summed E-state index contributed by atoms with van der Waals surface area (Å²) in [4.78, 5) is 11.5. The Morgan fingerprint density at radius 3 is 2.80 bits per heavy atom. The number of rotatable bonds is 5. The van der Waals surface area contributed by atoms with Crippen molar-refractivity contribution >= 4 is 11.7 Å². The van der Waals surface area contributed by atoms with Crippen molar-refractivity contribution in [2.45, 2.75) is 26.9 Å². The maximum absolute atomic E-state index is 11.5. The number of hydrogen-bond acceptors (Lipinski definition) is 3. The summed E-state index contributed by atoms with van der Waals surface area (Å²) in [6.07, 6.45) is 2.07. The fourth-order valence-corrected chi connectivity index (χ4v) is 2.21. The number of esters is 1. The predicted octanol–water partition coefficient (Wildman–Crippen LogP) is 3.22. The molecule has 0 saturated heterocycles. The van der Waals surface area contributed by atoms with E-state index in [1.165, 1.54) is 12.8 Å². The minimum Gasteiger partial charge on any atom is -0.465 e. The molecular weight excluding hydrogens is 252 g/mol. The number of aryl methyl sites for hydroxylation is 2. The van der Waals surface area contributed by atoms with Crippen molar-refractivity contribution in [3.8, 4) is 0 Å². The van der Waals surface area contributed by atoms with Crippen molar-refractivity contribution in [3.05, 3.63) is 53.3 Å². The van der Waals surface area contributed by atoms with Gasteiger partial charge in [0, 0.05) is 24.1 Å². The highest BCUT2D eigenvalue weighted by atomic mass is 16.5. The van der Waals surface area contributed by atoms with E-state index >= 15 is 0 Å². The predicted molar refractivity (Wildman–Crippen MR) is 80.0 cm³/mol. The molecule has 0 unspecified atom stereocenters. The molecule has 0 aliphatic rings. The van der Waals surface area contributed by atoms with Gasteiger partial charge in [-0.05, 0) is 49.7 Å². The average Bonchev–Trinajstić information content (AvgIpc) is 2.92. The van der Waals surface area contributed by atoms with E-state index < -0.39 is 0 Å². The van der Waals surface area contributed by atoms with E-state index in [9.17, 15) is 4.79 Å². The first kappa shape index (κ1) is 14.2. The summed E-state index contributed by atoms with van der Waals surface area (Å²) in [5.41, 5.74) is 3.88. The van der Waals surface area contributed by atoms with Gasteiger partial charge >= 0.3 is 5.97 Å². The molecule has 1 heterocycles. The maximum Gasteiger partial charge on any atom is 0.337 e. The van der Waals surface area contributed by atoms with E-state index in [0.717, 1.165) is 24.3 Å². The summed E-state index contributed by atoms with van der Waals surface area (Å²) in [5, 5.41) is 3.40. The molecule has 20 heavy (non-hydrogen) atoms. The zero-order valence-electron chi connectivity index (χ0n) is 12.1. The molecule has 1 aromatic heterocycles. The number of hydrogen-bond donors (Lipinski definition) is 1. The first-order valence-corrected chi connectivity index (χ1v) is 6.72. The van der Waals surface area contributed by atoms with Gasteiger partial charge in [-0.25, -0.2) is 4.79 Å². The van der Waals surface area contributed by atoms with Gasteiger partial charge in [-0.3, -0.25) is 0 Å². The normalized spacial score (nSPS) is 10.3. The van der Waals surface area contributed by atoms with Crippen LogP contribution in [-0.2, 0) is 17.8 Å². The van der Waals surface area contributed by atoms with Crippen LogP contribution in [0.15, 0.2) is 36.5 Å². The second-order valence-corrected chi connectivity index (χ2v) is 4.66. The summed E-state index contributed by atoms with van der Waals surface area (Å²) in [6, 6.07) is 9.69. The van der Waals surface area contributed by atoms with Crippen molar-refractivity contribution in [2.24, 2.45) is 0 Å². The van der Waals surface area contributed by atoms with Gasteiger partial charge in [-0.15, -0.1) is 0 Å². The molecule has 4 heteroatoms. The van der Waals surface area contributed by atoms with E-state index in [1.807, 2.05) is 25.1 Å². The molecule has 0 aliphatic heterocycles. The summed E-state index contributed by atoms with van der Waals surface area (Å²) in [7, 11) is 1.39. The molecular formula is C16H20N2O2. The number of carbonyl (C=O) groups excluding carboxylic acids is 1. The van der Waals surface area contributed by atoms with E-state index in [1.54, 1.807) is 6.07 Å². The molecule has 4 nitrogen and oxygen atoms in total. The zero-order valence-corrected chi connectivity index (χ0v) is 12.1. The third kappa shape index (κ3) is 3.02. The number of nitrogens with zero attached hydrogens (tertiary/aromatic N) is 1. The fourth-order valence-electron chi connectivity index (χ4n) is 2.21. The van der Waals surface area contributed by atoms with Gasteiger partial charge in [0.25, 0.3) is 0 Å². The molecule has 0 radical (unpaired) electrons. The van der Waals surface area contributed by atoms with Gasteiger partial charge in [0.2, 0.25) is 0 Å². The summed E-state index contributed by atoms with van der Waals surface area (Å²) < 4.78 is 6.92. The van der Waals surface area contributed by atoms with Crippen LogP contribution in [0.2, 0.25) is 0 Å². The highest BCUT2D eigenvalue weighted by Crippen LogP contribution is 2.18. The lowest BCUT2D eigenvalue weighted by Crippen LogP contribution is -2.08. The Bertz CT molecular complexity index is 602. The maximum atomic E-state index is 11.5. The smallest absolute Gasteiger partial charge is 0.337 e. The molecule has 0 spiro atoms. The van der Waals surface area contributed by atoms with Crippen LogP contribution in [-0.4, -0.2) is 17.6 Å². The van der Waals surface area contributed by atoms with Crippen LogP contribution in [0.1, 0.15) is 28.5 Å². The van der Waals surface area contributed by atoms with E-state index in [4.69, 9.17) is 4.74 Å². The SMILES string of the molecule is CCn1cccc1CNc1ccc(C(=O)OC)cc1C. The monoisotopic (exact) mass is 272 g/mol. The van der Waals surface area contributed by atoms with Gasteiger partial charge in [0.1, 0.15) is 0 Å². The summed E-state index contributed by atoms with van der Waals surface area (Å²) in [5.74, 6) is -0.306. The van der Waals surface area contributed by atoms with Crippen molar-refractivity contribution in [2.75, 3.05) is 12.4 Å². The molecule has 0 atom stereocenters. The largest absolute Gasteiger partial charge is 0.465 e. The van der Waals surface area contributed by atoms with Crippen LogP contribution in [0, 0.1) is 6.92 Å². The van der Waals surface area contributed by atoms with Gasteiger partial charge in [0.05, 0.1) is 19.2 Å². The minimum atomic E-state index is -0.306. The van der Waals surface area contributed by atoms with Gasteiger partial charge < -0.3 is 14.6 Å². The van der Waals surface area contributed by atoms with Gasteiger partial charge in [-0.2, -0.15) is 0 Å². The Hall–Kier alpha value is -2.23. The molecule has 2 rings (SSSR count). The summed E-state index contributed by atoms with van der Waals surface area (Å²) >= 11 is 0. The first-order valence-electron chi connectivity index (χ1n) is 6.72. The second-order valence-electron chi connectivity index (χ2n) is 4.66. The van der Waals surface area contributed by atoms with Crippen molar-refractivity contribution in [1.82, 2.24) is 4.57 Å². The van der Waals surface area contributed by atoms with Gasteiger partial charge in [-0.1, -0.05) is 0 Å². The minimum absolute atomic E-state index is 0.306. The Morgan fingerprint density at radius 1 is 1.35 bits per heavy atom. The van der Waals surface area contributed by atoms with E-state index in [-0.39, 0.29) is 5.97 Å². The van der Waals surface area contributed by atoms with E-state index in [2.05, 4.69) is 29.1 Å². The number of ether oxygens (including phenoxy) is 1. The number of aromatic nitrogens is 1. The van der Waals surface area contributed by atoms with Crippen LogP contribution < -0.4 is 5.32 Å². The lowest BCUT2D eigenvalue weighted by Gasteiger charge is -2.12. The highest BCUT2D eigenvalue weighted by molar-refractivity contribution is 5.90. The molecule has 0 fully saturated rings. The van der Waals surface area contributed by atoms with Crippen LogP contribution in [0.3, 0.4) is 0 Å². The topological polar surface area (TPSA) is 43.3 Å². The third-order valence-corrected chi connectivity index (χ3v) is 3.37. The fraction of sp³-hybridized carbons (Fsp3) is 0.312. The molecule has 1 N–H and O–H groups in total. The quantitative estimate of drug-likeness (QED) is 0.850. The summed E-state index contributed by atoms with van der Waals surface area (Å²) in [6.45, 7) is 5.83. The third-order valence-electron chi connectivity index (χ3n) is 3.37. The van der Waals surface area contributed by atoms with Crippen LogP contribution in [0.4, 0.5) is 5.69 Å². The Balaban J connectivity index is 2.09. The van der Waals surface area contributed by atoms with Crippen molar-refractivity contribution < 1.29 is 9.53 Å². The van der Waals surface area contributed by atoms with Crippen molar-refractivity contribution in [3.63, 3.8) is 0 Å². The molecule has 2 aromatic rings. The highest BCUT2D eigenvalue weighted by Gasteiger charge is 2.07. The Kier molecular flexibility index (Phi) is 4.45. The van der Waals surface area contributed by atoms with Gasteiger partial charge in [0.15, 0.2) is 0 Å². The molecule has 1 aromatic carbocycles. The molecule has 0 bridgehead atoms. The average molecular weight is 272 g/mol. The lowest BCUT2D eigenvalue weighted by molar-refractivity contribution is 0.0600. The van der Waals surface area contributed by atoms with Crippen LogP contribution in [0.5, 0.6) is 0 Å². The van der Waals surface area contributed by atoms with E-state index in [0.29, 0.717) is 5.56 Å². The van der Waals surface area contributed by atoms with Crippen LogP contribution >= 0.6 is 0 Å². The number of carbonyl (C=O) groups is 1. The number of benzene rings is 1. The zero-order chi connectivity index (χ0) is 14.5. The Labute approximate surface area is 119 Å². The molecule has 0 amide bonds. The Morgan fingerprint density at radius 2 is 2.15 bits per heavy atom. The number of anilines is 1. The molecule has 0 aliphatic carbocycles. The number of methoxy groups -OCH3 is 1. The standard InChI is InChI=1S/C16H20N2O2/c1-4-18-9-5-6-14(18)11-17-15-8-7-13(10-12(15)2)16(19)20-3/h5-10,17H,4,11H2,1-3H3. The molecule has 106 valence electrons. The second kappa shape index (κ2) is 6.28. The lowest BCUT2D eigenvalue weighted by atomic mass is 10.1. The first-order chi connectivity index (χ1) is 9.65.